The van der Waals surface area contributed by atoms with Crippen LogP contribution in [0.1, 0.15) is 348 Å². The fraction of sp³-hybridized carbons (Fsp3) is 0.770. The van der Waals surface area contributed by atoms with Gasteiger partial charge >= 0.3 is 17.9 Å². The molecule has 0 amide bonds. The minimum Gasteiger partial charge on any atom is -0.462 e. The molecule has 80 heavy (non-hydrogen) atoms. The zero-order valence-corrected chi connectivity index (χ0v) is 53.1. The molecule has 0 N–H and O–H groups in total. The second-order valence-corrected chi connectivity index (χ2v) is 23.1. The normalized spacial score (nSPS) is 12.6. The molecule has 0 spiro atoms. The molecule has 0 aliphatic carbocycles. The Morgan fingerprint density at radius 3 is 0.800 bits per heavy atom. The van der Waals surface area contributed by atoms with Crippen LogP contribution in [-0.2, 0) is 28.6 Å². The van der Waals surface area contributed by atoms with Crippen molar-refractivity contribution in [2.24, 2.45) is 0 Å². The molecule has 0 aromatic rings. The Hall–Kier alpha value is -3.41. The van der Waals surface area contributed by atoms with Crippen LogP contribution in [-0.4, -0.2) is 37.2 Å². The highest BCUT2D eigenvalue weighted by molar-refractivity contribution is 5.71. The van der Waals surface area contributed by atoms with Crippen LogP contribution in [0.2, 0.25) is 0 Å². The van der Waals surface area contributed by atoms with E-state index in [2.05, 4.69) is 106 Å². The lowest BCUT2D eigenvalue weighted by atomic mass is 10.0. The quantitative estimate of drug-likeness (QED) is 0.0261. The molecule has 0 aliphatic rings. The van der Waals surface area contributed by atoms with Crippen LogP contribution >= 0.6 is 0 Å². The van der Waals surface area contributed by atoms with Crippen molar-refractivity contribution in [3.63, 3.8) is 0 Å². The van der Waals surface area contributed by atoms with E-state index in [1.54, 1.807) is 0 Å². The zero-order chi connectivity index (χ0) is 57.8. The summed E-state index contributed by atoms with van der Waals surface area (Å²) >= 11 is 0. The number of carbonyl (C=O) groups is 3. The first kappa shape index (κ1) is 76.6. The molecular weight excluding hydrogens is 985 g/mol. The number of hydrogen-bond acceptors (Lipinski definition) is 6. The number of ether oxygens (including phenoxy) is 3. The molecule has 0 aliphatic heterocycles. The Bertz CT molecular complexity index is 1520. The van der Waals surface area contributed by atoms with Gasteiger partial charge < -0.3 is 14.2 Å². The Morgan fingerprint density at radius 1 is 0.263 bits per heavy atom. The van der Waals surface area contributed by atoms with Crippen molar-refractivity contribution >= 4 is 17.9 Å². The summed E-state index contributed by atoms with van der Waals surface area (Å²) in [6, 6.07) is 0. The van der Waals surface area contributed by atoms with Crippen molar-refractivity contribution in [2.45, 2.75) is 354 Å². The molecule has 0 saturated carbocycles. The first-order valence-corrected chi connectivity index (χ1v) is 34.6. The van der Waals surface area contributed by atoms with E-state index < -0.39 is 6.10 Å². The standard InChI is InChI=1S/C74H130O6/c1-4-7-10-13-16-19-22-25-28-31-34-36-37-39-40-43-46-49-52-55-58-61-64-67-73(76)79-70-71(69-78-72(75)66-63-60-57-54-51-48-45-42-33-30-27-24-21-18-15-12-9-6-3)80-74(77)68-65-62-59-56-53-50-47-44-41-38-35-32-29-26-23-20-17-14-11-8-5-2/h8,11,17,20,26,29-30,33,35,38,44,47,53,56,71H,4-7,9-10,12-16,18-19,21-25,27-28,31-32,34,36-37,39-43,45-46,48-52,54-55,57-70H2,1-3H3/b11-8-,20-17-,29-26-,33-30-,38-35-,47-44-,56-53-. The molecular formula is C74H130O6. The van der Waals surface area contributed by atoms with Crippen LogP contribution in [0, 0.1) is 0 Å². The van der Waals surface area contributed by atoms with Crippen molar-refractivity contribution < 1.29 is 28.6 Å². The number of unbranched alkanes of at least 4 members (excludes halogenated alkanes) is 38. The summed E-state index contributed by atoms with van der Waals surface area (Å²) in [4.78, 5) is 38.4. The molecule has 0 aromatic heterocycles. The SMILES string of the molecule is CC/C=C\C/C=C\C/C=C\C/C=C\C/C=C\C/C=C\CCCCC(=O)OC(COC(=O)CCCCCCCCC/C=C\CCCCCCCCC)COC(=O)CCCCCCCCCCCCCCCCCCCCCCCCC. The number of allylic oxidation sites excluding steroid dienone is 14. The molecule has 0 aromatic carbocycles. The third-order valence-electron chi connectivity index (χ3n) is 15.1. The highest BCUT2D eigenvalue weighted by Gasteiger charge is 2.19. The van der Waals surface area contributed by atoms with E-state index in [9.17, 15) is 14.4 Å². The summed E-state index contributed by atoms with van der Waals surface area (Å²) in [6.45, 7) is 6.54. The Balaban J connectivity index is 4.41. The van der Waals surface area contributed by atoms with E-state index in [1.807, 2.05) is 0 Å². The van der Waals surface area contributed by atoms with Gasteiger partial charge in [0.15, 0.2) is 6.10 Å². The minimum atomic E-state index is -0.802. The number of esters is 3. The minimum absolute atomic E-state index is 0.0925. The van der Waals surface area contributed by atoms with Gasteiger partial charge in [-0.15, -0.1) is 0 Å². The zero-order valence-electron chi connectivity index (χ0n) is 53.1. The fourth-order valence-corrected chi connectivity index (χ4v) is 9.97. The summed E-state index contributed by atoms with van der Waals surface area (Å²) in [6.07, 6.45) is 90.3. The number of carbonyl (C=O) groups excluding carboxylic acids is 3. The summed E-state index contributed by atoms with van der Waals surface area (Å²) in [5.74, 6) is -0.922. The average molecular weight is 1120 g/mol. The maximum Gasteiger partial charge on any atom is 0.306 e. The van der Waals surface area contributed by atoms with Gasteiger partial charge in [-0.2, -0.15) is 0 Å². The lowest BCUT2D eigenvalue weighted by molar-refractivity contribution is -0.167. The molecule has 0 saturated heterocycles. The van der Waals surface area contributed by atoms with Gasteiger partial charge in [0, 0.05) is 19.3 Å². The van der Waals surface area contributed by atoms with Gasteiger partial charge in [-0.1, -0.05) is 318 Å². The molecule has 6 heteroatoms. The summed E-state index contributed by atoms with van der Waals surface area (Å²) in [7, 11) is 0. The fourth-order valence-electron chi connectivity index (χ4n) is 9.97. The monoisotopic (exact) mass is 1110 g/mol. The smallest absolute Gasteiger partial charge is 0.306 e. The summed E-state index contributed by atoms with van der Waals surface area (Å²) < 4.78 is 16.9. The van der Waals surface area contributed by atoms with E-state index in [0.717, 1.165) is 89.9 Å². The van der Waals surface area contributed by atoms with Crippen molar-refractivity contribution in [2.75, 3.05) is 13.2 Å². The highest BCUT2D eigenvalue weighted by atomic mass is 16.6. The third-order valence-corrected chi connectivity index (χ3v) is 15.1. The average Bonchev–Trinajstić information content (AvgIpc) is 3.46. The van der Waals surface area contributed by atoms with Gasteiger partial charge in [0.2, 0.25) is 0 Å². The second-order valence-electron chi connectivity index (χ2n) is 23.1. The van der Waals surface area contributed by atoms with E-state index in [-0.39, 0.29) is 37.5 Å². The van der Waals surface area contributed by atoms with Crippen molar-refractivity contribution in [3.8, 4) is 0 Å². The predicted molar refractivity (Wildman–Crippen MR) is 348 cm³/mol. The maximum absolute atomic E-state index is 12.9. The molecule has 0 bridgehead atoms. The van der Waals surface area contributed by atoms with Crippen molar-refractivity contribution in [1.82, 2.24) is 0 Å². The molecule has 0 heterocycles. The summed E-state index contributed by atoms with van der Waals surface area (Å²) in [5.41, 5.74) is 0. The topological polar surface area (TPSA) is 78.9 Å². The van der Waals surface area contributed by atoms with Gasteiger partial charge in [-0.05, 0) is 96.3 Å². The van der Waals surface area contributed by atoms with Crippen LogP contribution in [0.4, 0.5) is 0 Å². The molecule has 0 fully saturated rings. The molecule has 1 atom stereocenters. The van der Waals surface area contributed by atoms with Crippen molar-refractivity contribution in [3.05, 3.63) is 85.1 Å². The number of hydrogen-bond donors (Lipinski definition) is 0. The van der Waals surface area contributed by atoms with Crippen molar-refractivity contribution in [1.29, 1.82) is 0 Å². The molecule has 462 valence electrons. The second kappa shape index (κ2) is 68.1. The highest BCUT2D eigenvalue weighted by Crippen LogP contribution is 2.17. The van der Waals surface area contributed by atoms with Gasteiger partial charge in [-0.3, -0.25) is 14.4 Å². The van der Waals surface area contributed by atoms with Crippen LogP contribution < -0.4 is 0 Å². The number of rotatable bonds is 63. The third kappa shape index (κ3) is 65.4. The van der Waals surface area contributed by atoms with Crippen LogP contribution in [0.5, 0.6) is 0 Å². The van der Waals surface area contributed by atoms with E-state index in [4.69, 9.17) is 14.2 Å². The van der Waals surface area contributed by atoms with Crippen LogP contribution in [0.25, 0.3) is 0 Å². The van der Waals surface area contributed by atoms with Gasteiger partial charge in [0.05, 0.1) is 0 Å². The predicted octanol–water partition coefficient (Wildman–Crippen LogP) is 23.8. The Kier molecular flexibility index (Phi) is 65.2. The Morgan fingerprint density at radius 2 is 0.487 bits per heavy atom. The van der Waals surface area contributed by atoms with E-state index in [0.29, 0.717) is 19.3 Å². The van der Waals surface area contributed by atoms with Gasteiger partial charge in [0.25, 0.3) is 0 Å². The van der Waals surface area contributed by atoms with Gasteiger partial charge in [0.1, 0.15) is 13.2 Å². The molecule has 1 unspecified atom stereocenters. The van der Waals surface area contributed by atoms with Crippen LogP contribution in [0.3, 0.4) is 0 Å². The lowest BCUT2D eigenvalue weighted by Crippen LogP contribution is -2.30. The van der Waals surface area contributed by atoms with Gasteiger partial charge in [-0.25, -0.2) is 0 Å². The molecule has 6 nitrogen and oxygen atoms in total. The first-order valence-electron chi connectivity index (χ1n) is 34.6. The maximum atomic E-state index is 12.9. The van der Waals surface area contributed by atoms with E-state index >= 15 is 0 Å². The largest absolute Gasteiger partial charge is 0.462 e. The van der Waals surface area contributed by atoms with E-state index in [1.165, 1.54) is 212 Å². The Labute approximate surface area is 496 Å². The molecule has 0 rings (SSSR count). The lowest BCUT2D eigenvalue weighted by Gasteiger charge is -2.18. The first-order chi connectivity index (χ1) is 39.5. The molecule has 0 radical (unpaired) electrons. The van der Waals surface area contributed by atoms with Crippen LogP contribution in [0.15, 0.2) is 85.1 Å². The summed E-state index contributed by atoms with van der Waals surface area (Å²) in [5, 5.41) is 0.